The summed E-state index contributed by atoms with van der Waals surface area (Å²) in [5, 5.41) is 0. The second-order valence-corrected chi connectivity index (χ2v) is 0.856. The van der Waals surface area contributed by atoms with E-state index >= 15 is 0 Å². The molecule has 6 heavy (non-hydrogen) atoms. The van der Waals surface area contributed by atoms with Gasteiger partial charge in [-0.1, -0.05) is 6.88 Å². The molecule has 0 aliphatic rings. The van der Waals surface area contributed by atoms with E-state index in [4.69, 9.17) is 14.3 Å². The third-order valence-electron chi connectivity index (χ3n) is 0.109. The number of alkyl halides is 1. The maximum atomic E-state index is 6.56. The molecule has 0 unspecified atom stereocenters. The predicted molar refractivity (Wildman–Crippen MR) is 33.3 cm³/mol. The van der Waals surface area contributed by atoms with Crippen molar-refractivity contribution in [3.63, 3.8) is 0 Å². The van der Waals surface area contributed by atoms with Gasteiger partial charge >= 0.3 is 0 Å². The molecule has 0 saturated heterocycles. The first-order valence-electron chi connectivity index (χ1n) is 2.33. The van der Waals surface area contributed by atoms with Crippen molar-refractivity contribution in [2.24, 2.45) is 0 Å². The van der Waals surface area contributed by atoms with Crippen molar-refractivity contribution >= 4 is 24.0 Å². The summed E-state index contributed by atoms with van der Waals surface area (Å²) in [4.78, 5) is 0. The van der Waals surface area contributed by atoms with E-state index in [1.165, 1.54) is 0 Å². The molecule has 0 aromatic heterocycles. The third-order valence-corrected chi connectivity index (χ3v) is 0.327. The van der Waals surface area contributed by atoms with Crippen molar-refractivity contribution in [3.05, 3.63) is 0 Å². The Morgan fingerprint density at radius 3 is 2.33 bits per heavy atom. The molecule has 0 aliphatic heterocycles. The number of hydrogen-bond acceptors (Lipinski definition) is 1. The lowest BCUT2D eigenvalue weighted by molar-refractivity contribution is 1.10. The molecule has 0 rings (SSSR count). The number of halogens is 2. The maximum absolute atomic E-state index is 6.56. The van der Waals surface area contributed by atoms with Crippen LogP contribution in [0.1, 0.15) is 16.0 Å². The molecule has 0 heterocycles. The van der Waals surface area contributed by atoms with Gasteiger partial charge in [-0.25, -0.2) is 0 Å². The lowest BCUT2D eigenvalue weighted by atomic mass is 10.6. The van der Waals surface area contributed by atoms with Crippen LogP contribution in [0.4, 0.5) is 0 Å². The van der Waals surface area contributed by atoms with Crippen molar-refractivity contribution in [1.82, 2.24) is 6.15 Å². The van der Waals surface area contributed by atoms with E-state index in [0.29, 0.717) is 12.3 Å². The van der Waals surface area contributed by atoms with Crippen LogP contribution in [0.5, 0.6) is 0 Å². The average molecular weight is 134 g/mol. The zero-order chi connectivity index (χ0) is 4.99. The lowest BCUT2D eigenvalue weighted by Crippen LogP contribution is -1.55. The quantitative estimate of drug-likeness (QED) is 0.548. The highest BCUT2D eigenvalue weighted by atomic mass is 35.5. The Hall–Kier alpha value is 0.540. The van der Waals surface area contributed by atoms with Crippen molar-refractivity contribution in [2.75, 3.05) is 5.88 Å². The van der Waals surface area contributed by atoms with Gasteiger partial charge in [-0.3, -0.25) is 0 Å². The molecule has 3 N–H and O–H groups in total. The Morgan fingerprint density at radius 2 is 2.33 bits per heavy atom. The van der Waals surface area contributed by atoms with E-state index in [1.54, 1.807) is 0 Å². The van der Waals surface area contributed by atoms with Gasteiger partial charge in [0.05, 0.1) is 0 Å². The molecule has 0 aromatic carbocycles. The molecular weight excluding hydrogens is 121 g/mol. The highest BCUT2D eigenvalue weighted by Gasteiger charge is 1.59. The Labute approximate surface area is 52.9 Å². The van der Waals surface area contributed by atoms with Crippen molar-refractivity contribution in [1.29, 1.82) is 0 Å². The highest BCUT2D eigenvalue weighted by Crippen LogP contribution is 1.75. The molecule has 42 valence electrons. The molecule has 0 spiro atoms. The van der Waals surface area contributed by atoms with Gasteiger partial charge in [-0.05, 0) is 6.42 Å². The van der Waals surface area contributed by atoms with Crippen molar-refractivity contribution in [3.8, 4) is 0 Å². The van der Waals surface area contributed by atoms with Crippen LogP contribution in [0.2, 0.25) is 0 Å². The molecule has 0 saturated carbocycles. The predicted octanol–water partition coefficient (Wildman–Crippen LogP) is 2.22. The molecular formula is C3H11Cl2N. The van der Waals surface area contributed by atoms with Gasteiger partial charge in [-0.15, -0.1) is 24.0 Å². The minimum Gasteiger partial charge on any atom is -0.344 e. The van der Waals surface area contributed by atoms with Crippen LogP contribution in [-0.4, -0.2) is 5.88 Å². The van der Waals surface area contributed by atoms with E-state index in [-0.39, 0.29) is 18.6 Å². The second-order valence-electron chi connectivity index (χ2n) is 0.478. The molecule has 0 atom stereocenters. The molecule has 0 aliphatic carbocycles. The van der Waals surface area contributed by atoms with Crippen LogP contribution >= 0.6 is 24.0 Å². The summed E-state index contributed by atoms with van der Waals surface area (Å²) in [6, 6.07) is 0. The molecule has 0 aromatic rings. The van der Waals surface area contributed by atoms with Crippen LogP contribution in [0, 0.1) is 0 Å². The second kappa shape index (κ2) is 17.7. The Morgan fingerprint density at radius 1 is 1.83 bits per heavy atom. The third kappa shape index (κ3) is 24.0. The van der Waals surface area contributed by atoms with E-state index in [0.717, 1.165) is 0 Å². The standard InChI is InChI=1S/C3H7Cl.ClH.H3N/c1-2-3-4;;/h2-3H2,1H3;1H;1H3/i1D2;;. The summed E-state index contributed by atoms with van der Waals surface area (Å²) < 4.78 is 13.1. The molecule has 1 nitrogen and oxygen atoms in total. The topological polar surface area (TPSA) is 35.0 Å². The summed E-state index contributed by atoms with van der Waals surface area (Å²) in [5.74, 6) is 0.428. The van der Waals surface area contributed by atoms with E-state index < -0.39 is 6.88 Å². The van der Waals surface area contributed by atoms with Crippen LogP contribution in [0.15, 0.2) is 0 Å². The van der Waals surface area contributed by atoms with Gasteiger partial charge in [0.15, 0.2) is 0 Å². The largest absolute Gasteiger partial charge is 0.344 e. The molecule has 0 bridgehead atoms. The molecule has 0 fully saturated rings. The SMILES string of the molecule is Cl.N.[2H]C([2H])CCCl. The first-order valence-corrected chi connectivity index (χ1v) is 1.71. The van der Waals surface area contributed by atoms with Gasteiger partial charge in [0.2, 0.25) is 0 Å². The summed E-state index contributed by atoms with van der Waals surface area (Å²) in [5.41, 5.74) is 0. The Bertz CT molecular complexity index is 36.5. The first kappa shape index (κ1) is 6.54. The lowest BCUT2D eigenvalue weighted by Gasteiger charge is -1.65. The fourth-order valence-corrected chi connectivity index (χ4v) is 0. The van der Waals surface area contributed by atoms with Crippen LogP contribution in [0.25, 0.3) is 0 Å². The zero-order valence-electron chi connectivity index (χ0n) is 5.48. The summed E-state index contributed by atoms with van der Waals surface area (Å²) in [7, 11) is 0. The summed E-state index contributed by atoms with van der Waals surface area (Å²) >= 11 is 5.16. The van der Waals surface area contributed by atoms with Gasteiger partial charge in [0.25, 0.3) is 0 Å². The van der Waals surface area contributed by atoms with E-state index in [9.17, 15) is 0 Å². The van der Waals surface area contributed by atoms with Crippen LogP contribution in [-0.2, 0) is 0 Å². The van der Waals surface area contributed by atoms with Gasteiger partial charge in [0.1, 0.15) is 0 Å². The Balaban J connectivity index is -0.000000125. The molecule has 0 radical (unpaired) electrons. The molecule has 0 amide bonds. The minimum absolute atomic E-state index is 0. The zero-order valence-corrected chi connectivity index (χ0v) is 5.06. The summed E-state index contributed by atoms with van der Waals surface area (Å²) in [6.07, 6.45) is 0.474. The normalized spacial score (nSPS) is 10.3. The average Bonchev–Trinajstić information content (AvgIpc) is 1.35. The number of hydrogen-bond donors (Lipinski definition) is 1. The van der Waals surface area contributed by atoms with Gasteiger partial charge in [-0.2, -0.15) is 0 Å². The monoisotopic (exact) mass is 133 g/mol. The fraction of sp³-hybridized carbons (Fsp3) is 1.00. The van der Waals surface area contributed by atoms with Crippen LogP contribution in [0.3, 0.4) is 0 Å². The van der Waals surface area contributed by atoms with Crippen molar-refractivity contribution < 1.29 is 2.74 Å². The fourth-order valence-electron chi connectivity index (χ4n) is 0. The van der Waals surface area contributed by atoms with Gasteiger partial charge < -0.3 is 6.15 Å². The molecule has 3 heteroatoms. The van der Waals surface area contributed by atoms with E-state index in [2.05, 4.69) is 0 Å². The van der Waals surface area contributed by atoms with E-state index in [1.807, 2.05) is 0 Å². The van der Waals surface area contributed by atoms with Crippen molar-refractivity contribution in [2.45, 2.75) is 13.3 Å². The highest BCUT2D eigenvalue weighted by molar-refractivity contribution is 6.17. The van der Waals surface area contributed by atoms with Crippen LogP contribution < -0.4 is 6.15 Å². The van der Waals surface area contributed by atoms with Gasteiger partial charge in [0, 0.05) is 8.62 Å². The summed E-state index contributed by atoms with van der Waals surface area (Å²) in [6.45, 7) is -0.734. The maximum Gasteiger partial charge on any atom is 0.0231 e. The Kier molecular flexibility index (Phi) is 19.3. The minimum atomic E-state index is -0.734. The number of rotatable bonds is 1. The first-order chi connectivity index (χ1) is 2.77. The smallest absolute Gasteiger partial charge is 0.0231 e.